The van der Waals surface area contributed by atoms with E-state index >= 15 is 0 Å². The van der Waals surface area contributed by atoms with Gasteiger partial charge in [-0.1, -0.05) is 13.8 Å². The quantitative estimate of drug-likeness (QED) is 0.388. The van der Waals surface area contributed by atoms with Crippen molar-refractivity contribution in [1.29, 1.82) is 0 Å². The second kappa shape index (κ2) is 8.35. The zero-order valence-corrected chi connectivity index (χ0v) is 12.4. The smallest absolute Gasteiger partial charge is 0.191 e. The van der Waals surface area contributed by atoms with E-state index in [2.05, 4.69) is 35.7 Å². The molecule has 0 unspecified atom stereocenters. The van der Waals surface area contributed by atoms with Gasteiger partial charge in [-0.15, -0.1) is 0 Å². The second-order valence-corrected chi connectivity index (χ2v) is 5.28. The van der Waals surface area contributed by atoms with Crippen LogP contribution in [-0.4, -0.2) is 55.0 Å². The first-order valence-electron chi connectivity index (χ1n) is 7.44. The van der Waals surface area contributed by atoms with Crippen molar-refractivity contribution in [3.8, 4) is 0 Å². The Morgan fingerprint density at radius 1 is 1.17 bits per heavy atom. The number of aliphatic imine (C=N–C) groups is 1. The molecule has 0 amide bonds. The molecular formula is C14H30N4. The van der Waals surface area contributed by atoms with Gasteiger partial charge in [-0.2, -0.15) is 0 Å². The predicted octanol–water partition coefficient (Wildman–Crippen LogP) is 1.91. The van der Waals surface area contributed by atoms with Crippen LogP contribution in [0.25, 0.3) is 0 Å². The highest BCUT2D eigenvalue weighted by Gasteiger charge is 2.27. The zero-order chi connectivity index (χ0) is 13.4. The van der Waals surface area contributed by atoms with Gasteiger partial charge in [0.25, 0.3) is 0 Å². The van der Waals surface area contributed by atoms with E-state index < -0.39 is 0 Å². The van der Waals surface area contributed by atoms with Crippen molar-refractivity contribution in [2.75, 3.05) is 33.2 Å². The summed E-state index contributed by atoms with van der Waals surface area (Å²) < 4.78 is 0. The molecular weight excluding hydrogens is 224 g/mol. The number of hydrogen-bond acceptors (Lipinski definition) is 2. The first-order chi connectivity index (χ1) is 8.69. The Hall–Kier alpha value is -0.770. The molecule has 4 heteroatoms. The first kappa shape index (κ1) is 15.3. The summed E-state index contributed by atoms with van der Waals surface area (Å²) in [6.07, 6.45) is 6.12. The van der Waals surface area contributed by atoms with Crippen molar-refractivity contribution in [2.45, 2.75) is 52.0 Å². The Morgan fingerprint density at radius 2 is 1.78 bits per heavy atom. The molecule has 1 fully saturated rings. The standard InChI is InChI=1S/C14H30N4/c1-4-10-18(11-5-2)12-6-9-16-14(15)17(3)13-7-8-13/h13H,4-12H2,1-3H3,(H2,15,16). The molecule has 0 atom stereocenters. The molecule has 0 radical (unpaired) electrons. The molecule has 0 aromatic carbocycles. The Morgan fingerprint density at radius 3 is 2.28 bits per heavy atom. The molecule has 0 heterocycles. The number of nitrogens with two attached hydrogens (primary N) is 1. The van der Waals surface area contributed by atoms with E-state index in [0.29, 0.717) is 6.04 Å². The minimum atomic E-state index is 0.658. The van der Waals surface area contributed by atoms with Gasteiger partial charge in [0.1, 0.15) is 0 Å². The van der Waals surface area contributed by atoms with Crippen LogP contribution in [0.1, 0.15) is 46.0 Å². The fourth-order valence-electron chi connectivity index (χ4n) is 2.22. The molecule has 1 rings (SSSR count). The van der Waals surface area contributed by atoms with Crippen molar-refractivity contribution in [2.24, 2.45) is 10.7 Å². The van der Waals surface area contributed by atoms with Gasteiger partial charge < -0.3 is 15.5 Å². The summed E-state index contributed by atoms with van der Waals surface area (Å²) in [5, 5.41) is 0. The summed E-state index contributed by atoms with van der Waals surface area (Å²) in [5.41, 5.74) is 5.95. The lowest BCUT2D eigenvalue weighted by molar-refractivity contribution is 0.273. The fourth-order valence-corrected chi connectivity index (χ4v) is 2.22. The van der Waals surface area contributed by atoms with E-state index in [1.165, 1.54) is 38.8 Å². The lowest BCUT2D eigenvalue weighted by atomic mass is 10.3. The van der Waals surface area contributed by atoms with Crippen LogP contribution < -0.4 is 5.73 Å². The van der Waals surface area contributed by atoms with Crippen LogP contribution in [0.15, 0.2) is 4.99 Å². The number of rotatable bonds is 9. The largest absolute Gasteiger partial charge is 0.370 e. The highest BCUT2D eigenvalue weighted by atomic mass is 15.3. The molecule has 0 saturated heterocycles. The van der Waals surface area contributed by atoms with Crippen LogP contribution in [0.4, 0.5) is 0 Å². The molecule has 4 nitrogen and oxygen atoms in total. The molecule has 1 aliphatic rings. The van der Waals surface area contributed by atoms with Crippen LogP contribution in [0, 0.1) is 0 Å². The van der Waals surface area contributed by atoms with Crippen molar-refractivity contribution in [3.05, 3.63) is 0 Å². The molecule has 0 spiro atoms. The SMILES string of the molecule is CCCN(CCC)CCCN=C(N)N(C)C1CC1. The van der Waals surface area contributed by atoms with E-state index in [1.807, 2.05) is 0 Å². The van der Waals surface area contributed by atoms with Gasteiger partial charge in [0.2, 0.25) is 0 Å². The van der Waals surface area contributed by atoms with Gasteiger partial charge in [0.05, 0.1) is 0 Å². The predicted molar refractivity (Wildman–Crippen MR) is 78.9 cm³/mol. The zero-order valence-electron chi connectivity index (χ0n) is 12.4. The topological polar surface area (TPSA) is 44.9 Å². The molecule has 106 valence electrons. The van der Waals surface area contributed by atoms with Crippen LogP contribution in [-0.2, 0) is 0 Å². The van der Waals surface area contributed by atoms with E-state index in [1.54, 1.807) is 0 Å². The van der Waals surface area contributed by atoms with Crippen LogP contribution in [0.2, 0.25) is 0 Å². The van der Waals surface area contributed by atoms with Gasteiger partial charge in [-0.3, -0.25) is 4.99 Å². The first-order valence-corrected chi connectivity index (χ1v) is 7.44. The van der Waals surface area contributed by atoms with Gasteiger partial charge in [0.15, 0.2) is 5.96 Å². The Balaban J connectivity index is 2.16. The third-order valence-corrected chi connectivity index (χ3v) is 3.44. The summed E-state index contributed by atoms with van der Waals surface area (Å²) in [7, 11) is 2.05. The van der Waals surface area contributed by atoms with Crippen LogP contribution in [0.3, 0.4) is 0 Å². The monoisotopic (exact) mass is 254 g/mol. The Kier molecular flexibility index (Phi) is 7.09. The van der Waals surface area contributed by atoms with Crippen molar-refractivity contribution >= 4 is 5.96 Å². The maximum Gasteiger partial charge on any atom is 0.191 e. The summed E-state index contributed by atoms with van der Waals surface area (Å²) in [4.78, 5) is 9.12. The van der Waals surface area contributed by atoms with Gasteiger partial charge >= 0.3 is 0 Å². The summed E-state index contributed by atoms with van der Waals surface area (Å²) in [5.74, 6) is 0.718. The van der Waals surface area contributed by atoms with E-state index in [0.717, 1.165) is 25.5 Å². The molecule has 0 aromatic heterocycles. The Labute approximate surface area is 112 Å². The highest BCUT2D eigenvalue weighted by Crippen LogP contribution is 2.24. The highest BCUT2D eigenvalue weighted by molar-refractivity contribution is 5.78. The van der Waals surface area contributed by atoms with Crippen molar-refractivity contribution in [1.82, 2.24) is 9.80 Å². The maximum absolute atomic E-state index is 5.95. The second-order valence-electron chi connectivity index (χ2n) is 5.28. The third-order valence-electron chi connectivity index (χ3n) is 3.44. The minimum Gasteiger partial charge on any atom is -0.370 e. The molecule has 0 bridgehead atoms. The number of nitrogens with zero attached hydrogens (tertiary/aromatic N) is 3. The van der Waals surface area contributed by atoms with Crippen molar-refractivity contribution in [3.63, 3.8) is 0 Å². The van der Waals surface area contributed by atoms with Gasteiger partial charge in [-0.25, -0.2) is 0 Å². The molecule has 0 aliphatic heterocycles. The number of guanidine groups is 1. The summed E-state index contributed by atoms with van der Waals surface area (Å²) in [6, 6.07) is 0.658. The van der Waals surface area contributed by atoms with E-state index in [9.17, 15) is 0 Å². The molecule has 2 N–H and O–H groups in total. The molecule has 18 heavy (non-hydrogen) atoms. The summed E-state index contributed by atoms with van der Waals surface area (Å²) in [6.45, 7) is 8.88. The van der Waals surface area contributed by atoms with Crippen molar-refractivity contribution < 1.29 is 0 Å². The average Bonchev–Trinajstić information content (AvgIpc) is 3.18. The van der Waals surface area contributed by atoms with E-state index in [4.69, 9.17) is 5.73 Å². The normalized spacial score (nSPS) is 16.3. The fraction of sp³-hybridized carbons (Fsp3) is 0.929. The number of hydrogen-bond donors (Lipinski definition) is 1. The van der Waals surface area contributed by atoms with Crippen LogP contribution in [0.5, 0.6) is 0 Å². The minimum absolute atomic E-state index is 0.658. The molecule has 1 saturated carbocycles. The van der Waals surface area contributed by atoms with E-state index in [-0.39, 0.29) is 0 Å². The van der Waals surface area contributed by atoms with Gasteiger partial charge in [-0.05, 0) is 51.7 Å². The molecule has 0 aromatic rings. The lowest BCUT2D eigenvalue weighted by Crippen LogP contribution is -2.36. The summed E-state index contributed by atoms with van der Waals surface area (Å²) >= 11 is 0. The van der Waals surface area contributed by atoms with Crippen LogP contribution >= 0.6 is 0 Å². The maximum atomic E-state index is 5.95. The third kappa shape index (κ3) is 5.71. The molecule has 1 aliphatic carbocycles. The lowest BCUT2D eigenvalue weighted by Gasteiger charge is -2.20. The van der Waals surface area contributed by atoms with Gasteiger partial charge in [0, 0.05) is 19.6 Å². The average molecular weight is 254 g/mol. The Bertz CT molecular complexity index is 242.